The average Bonchev–Trinajstić information content (AvgIpc) is 2.97. The Kier molecular flexibility index (Phi) is 5.63. The molecule has 0 aliphatic carbocycles. The minimum absolute atomic E-state index is 0.243. The molecule has 3 N–H and O–H groups in total. The molecule has 1 fully saturated rings. The van der Waals surface area contributed by atoms with Crippen LogP contribution in [0.3, 0.4) is 0 Å². The molecule has 1 aliphatic heterocycles. The molecule has 2 amide bonds. The van der Waals surface area contributed by atoms with Gasteiger partial charge in [-0.05, 0) is 18.2 Å². The summed E-state index contributed by atoms with van der Waals surface area (Å²) in [6.07, 6.45) is 2.98. The van der Waals surface area contributed by atoms with Gasteiger partial charge in [0.25, 0.3) is 0 Å². The van der Waals surface area contributed by atoms with E-state index in [9.17, 15) is 4.79 Å². The first kappa shape index (κ1) is 16.7. The summed E-state index contributed by atoms with van der Waals surface area (Å²) >= 11 is 6.04. The van der Waals surface area contributed by atoms with Crippen molar-refractivity contribution in [3.63, 3.8) is 0 Å². The number of urea groups is 1. The van der Waals surface area contributed by atoms with Gasteiger partial charge in [-0.1, -0.05) is 11.6 Å². The van der Waals surface area contributed by atoms with Gasteiger partial charge in [0.2, 0.25) is 0 Å². The first-order valence-corrected chi connectivity index (χ1v) is 8.08. The number of amides is 2. The predicted molar refractivity (Wildman–Crippen MR) is 90.6 cm³/mol. The summed E-state index contributed by atoms with van der Waals surface area (Å²) in [6.45, 7) is 3.52. The summed E-state index contributed by atoms with van der Waals surface area (Å²) in [5.41, 5.74) is 1.24. The highest BCUT2D eigenvalue weighted by molar-refractivity contribution is 6.31. The highest BCUT2D eigenvalue weighted by Gasteiger charge is 2.14. The van der Waals surface area contributed by atoms with E-state index >= 15 is 0 Å². The maximum Gasteiger partial charge on any atom is 0.319 e. The monoisotopic (exact) mass is 350 g/mol. The largest absolute Gasteiger partial charge is 0.380 e. The van der Waals surface area contributed by atoms with Gasteiger partial charge in [-0.2, -0.15) is 5.10 Å². The molecule has 1 aromatic carbocycles. The first-order valence-electron chi connectivity index (χ1n) is 7.70. The lowest BCUT2D eigenvalue weighted by Crippen LogP contribution is -2.37. The quantitative estimate of drug-likeness (QED) is 0.772. The highest BCUT2D eigenvalue weighted by atomic mass is 35.5. The van der Waals surface area contributed by atoms with E-state index in [1.54, 1.807) is 29.2 Å². The van der Waals surface area contributed by atoms with Crippen LogP contribution in [-0.2, 0) is 4.74 Å². The van der Waals surface area contributed by atoms with E-state index in [4.69, 9.17) is 16.3 Å². The van der Waals surface area contributed by atoms with Crippen LogP contribution in [0.1, 0.15) is 0 Å². The molecular formula is C15H19ClN6O2. The van der Waals surface area contributed by atoms with Crippen LogP contribution in [0, 0.1) is 5.92 Å². The Morgan fingerprint density at radius 3 is 3.25 bits per heavy atom. The summed E-state index contributed by atoms with van der Waals surface area (Å²) in [4.78, 5) is 16.1. The second-order valence-electron chi connectivity index (χ2n) is 5.48. The van der Waals surface area contributed by atoms with Crippen molar-refractivity contribution in [2.75, 3.05) is 38.2 Å². The zero-order chi connectivity index (χ0) is 16.8. The Morgan fingerprint density at radius 2 is 2.42 bits per heavy atom. The molecule has 3 rings (SSSR count). The van der Waals surface area contributed by atoms with Crippen molar-refractivity contribution in [2.45, 2.75) is 0 Å². The summed E-state index contributed by atoms with van der Waals surface area (Å²) < 4.78 is 7.04. The van der Waals surface area contributed by atoms with Crippen molar-refractivity contribution < 1.29 is 9.53 Å². The second kappa shape index (κ2) is 8.09. The van der Waals surface area contributed by atoms with Gasteiger partial charge in [-0.15, -0.1) is 0 Å². The van der Waals surface area contributed by atoms with Gasteiger partial charge in [-0.25, -0.2) is 14.5 Å². The number of carbonyl (C=O) groups excluding carboxylic acids is 1. The SMILES string of the molecule is O=C(NCC1CNCCOC1)Nc1cc(Cl)ccc1-n1cncn1. The van der Waals surface area contributed by atoms with E-state index in [0.29, 0.717) is 36.2 Å². The zero-order valence-electron chi connectivity index (χ0n) is 13.0. The van der Waals surface area contributed by atoms with Crippen LogP contribution in [-0.4, -0.2) is 53.6 Å². The molecule has 1 saturated heterocycles. The zero-order valence-corrected chi connectivity index (χ0v) is 13.8. The fraction of sp³-hybridized carbons (Fsp3) is 0.400. The van der Waals surface area contributed by atoms with Gasteiger partial charge in [-0.3, -0.25) is 0 Å². The molecule has 8 nitrogen and oxygen atoms in total. The van der Waals surface area contributed by atoms with E-state index in [1.165, 1.54) is 6.33 Å². The maximum atomic E-state index is 12.2. The normalized spacial score (nSPS) is 18.0. The molecule has 1 unspecified atom stereocenters. The fourth-order valence-corrected chi connectivity index (χ4v) is 2.61. The van der Waals surface area contributed by atoms with E-state index in [1.807, 2.05) is 0 Å². The van der Waals surface area contributed by atoms with Crippen LogP contribution in [0.2, 0.25) is 5.02 Å². The smallest absolute Gasteiger partial charge is 0.319 e. The van der Waals surface area contributed by atoms with Gasteiger partial charge in [0.15, 0.2) is 0 Å². The number of nitrogens with zero attached hydrogens (tertiary/aromatic N) is 3. The maximum absolute atomic E-state index is 12.2. The van der Waals surface area contributed by atoms with Gasteiger partial charge >= 0.3 is 6.03 Å². The highest BCUT2D eigenvalue weighted by Crippen LogP contribution is 2.23. The molecular weight excluding hydrogens is 332 g/mol. The number of benzene rings is 1. The van der Waals surface area contributed by atoms with E-state index in [-0.39, 0.29) is 11.9 Å². The summed E-state index contributed by atoms with van der Waals surface area (Å²) in [6, 6.07) is 4.88. The van der Waals surface area contributed by atoms with Crippen LogP contribution < -0.4 is 16.0 Å². The number of anilines is 1. The molecule has 1 aliphatic rings. The van der Waals surface area contributed by atoms with Crippen molar-refractivity contribution in [3.8, 4) is 5.69 Å². The van der Waals surface area contributed by atoms with Crippen molar-refractivity contribution in [1.82, 2.24) is 25.4 Å². The molecule has 9 heteroatoms. The lowest BCUT2D eigenvalue weighted by Gasteiger charge is -2.16. The van der Waals surface area contributed by atoms with Crippen molar-refractivity contribution in [1.29, 1.82) is 0 Å². The Balaban J connectivity index is 1.62. The van der Waals surface area contributed by atoms with Crippen LogP contribution >= 0.6 is 11.6 Å². The first-order chi connectivity index (χ1) is 11.7. The molecule has 1 aromatic heterocycles. The molecule has 0 saturated carbocycles. The topological polar surface area (TPSA) is 93.1 Å². The predicted octanol–water partition coefficient (Wildman–Crippen LogP) is 1.28. The van der Waals surface area contributed by atoms with Crippen LogP contribution in [0.4, 0.5) is 10.5 Å². The second-order valence-corrected chi connectivity index (χ2v) is 5.92. The average molecular weight is 351 g/mol. The molecule has 2 aromatic rings. The number of nitrogens with one attached hydrogen (secondary N) is 3. The molecule has 2 heterocycles. The van der Waals surface area contributed by atoms with Gasteiger partial charge in [0, 0.05) is 30.6 Å². The number of hydrogen-bond acceptors (Lipinski definition) is 5. The number of rotatable bonds is 4. The van der Waals surface area contributed by atoms with E-state index in [2.05, 4.69) is 26.0 Å². The Hall–Kier alpha value is -2.16. The van der Waals surface area contributed by atoms with Gasteiger partial charge in [0.05, 0.1) is 24.6 Å². The molecule has 1 atom stereocenters. The third-order valence-electron chi connectivity index (χ3n) is 3.63. The third-order valence-corrected chi connectivity index (χ3v) is 3.87. The van der Waals surface area contributed by atoms with Crippen LogP contribution in [0.25, 0.3) is 5.69 Å². The number of carbonyl (C=O) groups is 1. The van der Waals surface area contributed by atoms with E-state index < -0.39 is 0 Å². The number of halogens is 1. The lowest BCUT2D eigenvalue weighted by atomic mass is 10.1. The summed E-state index contributed by atoms with van der Waals surface area (Å²) in [5, 5.41) is 13.5. The van der Waals surface area contributed by atoms with Crippen LogP contribution in [0.5, 0.6) is 0 Å². The Labute approximate surface area is 144 Å². The fourth-order valence-electron chi connectivity index (χ4n) is 2.43. The van der Waals surface area contributed by atoms with Crippen LogP contribution in [0.15, 0.2) is 30.9 Å². The minimum atomic E-state index is -0.303. The van der Waals surface area contributed by atoms with Gasteiger partial charge < -0.3 is 20.7 Å². The molecule has 0 spiro atoms. The summed E-state index contributed by atoms with van der Waals surface area (Å²) in [5.74, 6) is 0.243. The van der Waals surface area contributed by atoms with Crippen molar-refractivity contribution >= 4 is 23.3 Å². The van der Waals surface area contributed by atoms with E-state index in [0.717, 1.165) is 13.1 Å². The Bertz CT molecular complexity index is 671. The van der Waals surface area contributed by atoms with Crippen molar-refractivity contribution in [2.24, 2.45) is 5.92 Å². The minimum Gasteiger partial charge on any atom is -0.380 e. The van der Waals surface area contributed by atoms with Crippen molar-refractivity contribution in [3.05, 3.63) is 35.9 Å². The number of hydrogen-bond donors (Lipinski definition) is 3. The standard InChI is InChI=1S/C15H19ClN6O2/c16-12-1-2-14(22-10-18-9-20-22)13(5-12)21-15(23)19-7-11-6-17-3-4-24-8-11/h1-2,5,9-11,17H,3-4,6-8H2,(H2,19,21,23). The third kappa shape index (κ3) is 4.44. The molecule has 0 bridgehead atoms. The Morgan fingerprint density at radius 1 is 1.50 bits per heavy atom. The molecule has 128 valence electrons. The summed E-state index contributed by atoms with van der Waals surface area (Å²) in [7, 11) is 0. The van der Waals surface area contributed by atoms with Gasteiger partial charge in [0.1, 0.15) is 12.7 Å². The lowest BCUT2D eigenvalue weighted by molar-refractivity contribution is 0.123. The number of ether oxygens (including phenoxy) is 1. The molecule has 0 radical (unpaired) electrons. The molecule has 24 heavy (non-hydrogen) atoms. The number of aromatic nitrogens is 3.